The van der Waals surface area contributed by atoms with E-state index in [9.17, 15) is 4.79 Å². The molecule has 1 amide bonds. The van der Waals surface area contributed by atoms with Crippen LogP contribution >= 0.6 is 11.6 Å². The molecule has 0 atom stereocenters. The summed E-state index contributed by atoms with van der Waals surface area (Å²) in [5.74, 6) is 1.46. The van der Waals surface area contributed by atoms with E-state index < -0.39 is 0 Å². The van der Waals surface area contributed by atoms with Crippen molar-refractivity contribution in [2.75, 3.05) is 33.9 Å². The third-order valence-electron chi connectivity index (χ3n) is 5.03. The maximum atomic E-state index is 11.8. The van der Waals surface area contributed by atoms with Crippen LogP contribution in [0.3, 0.4) is 0 Å². The van der Waals surface area contributed by atoms with Crippen LogP contribution in [0.15, 0.2) is 42.5 Å². The lowest BCUT2D eigenvalue weighted by Crippen LogP contribution is -2.47. The lowest BCUT2D eigenvalue weighted by atomic mass is 10.0. The minimum absolute atomic E-state index is 0.0392. The van der Waals surface area contributed by atoms with Crippen molar-refractivity contribution in [3.63, 3.8) is 0 Å². The van der Waals surface area contributed by atoms with E-state index in [0.717, 1.165) is 40.0 Å². The van der Waals surface area contributed by atoms with Gasteiger partial charge in [0.25, 0.3) is 0 Å². The minimum atomic E-state index is 0.0392. The molecule has 1 aliphatic heterocycles. The summed E-state index contributed by atoms with van der Waals surface area (Å²) in [7, 11) is 3.27. The quantitative estimate of drug-likeness (QED) is 0.696. The molecule has 0 unspecified atom stereocenters. The van der Waals surface area contributed by atoms with Crippen molar-refractivity contribution in [3.8, 4) is 22.8 Å². The number of halogens is 1. The first-order valence-corrected chi connectivity index (χ1v) is 9.76. The van der Waals surface area contributed by atoms with E-state index in [1.807, 2.05) is 36.4 Å². The fraction of sp³-hybridized carbons (Fsp3) is 0.273. The van der Waals surface area contributed by atoms with Crippen LogP contribution in [0.25, 0.3) is 22.2 Å². The molecule has 0 aliphatic carbocycles. The standard InChI is InChI=1S/C22H22ClN3O3/c1-28-17-5-6-20(29-2)18(11-17)22-15(12-26-8-7-24-21(27)13-26)9-14-3-4-16(23)10-19(14)25-22/h3-6,9-11H,7-8,12-13H2,1-2H3,(H,24,27). The maximum absolute atomic E-state index is 11.8. The Bertz CT molecular complexity index is 1070. The molecule has 1 saturated heterocycles. The largest absolute Gasteiger partial charge is 0.497 e. The van der Waals surface area contributed by atoms with Crippen molar-refractivity contribution in [3.05, 3.63) is 53.1 Å². The average Bonchev–Trinajstić information content (AvgIpc) is 2.73. The van der Waals surface area contributed by atoms with Crippen molar-refractivity contribution in [1.29, 1.82) is 0 Å². The van der Waals surface area contributed by atoms with Gasteiger partial charge in [0.15, 0.2) is 0 Å². The van der Waals surface area contributed by atoms with Gasteiger partial charge in [0.1, 0.15) is 11.5 Å². The van der Waals surface area contributed by atoms with Gasteiger partial charge in [-0.3, -0.25) is 9.69 Å². The van der Waals surface area contributed by atoms with E-state index in [0.29, 0.717) is 30.4 Å². The van der Waals surface area contributed by atoms with Gasteiger partial charge in [-0.2, -0.15) is 0 Å². The summed E-state index contributed by atoms with van der Waals surface area (Å²) in [6.45, 7) is 2.41. The Kier molecular flexibility index (Phi) is 5.56. The number of carbonyl (C=O) groups is 1. The topological polar surface area (TPSA) is 63.7 Å². The van der Waals surface area contributed by atoms with Crippen molar-refractivity contribution in [2.24, 2.45) is 0 Å². The molecular weight excluding hydrogens is 390 g/mol. The molecule has 2 heterocycles. The summed E-state index contributed by atoms with van der Waals surface area (Å²) >= 11 is 6.20. The highest BCUT2D eigenvalue weighted by atomic mass is 35.5. The second-order valence-corrected chi connectivity index (χ2v) is 7.40. The van der Waals surface area contributed by atoms with Crippen molar-refractivity contribution in [1.82, 2.24) is 15.2 Å². The zero-order valence-corrected chi connectivity index (χ0v) is 17.1. The van der Waals surface area contributed by atoms with Gasteiger partial charge in [-0.05, 0) is 42.0 Å². The smallest absolute Gasteiger partial charge is 0.234 e. The number of rotatable bonds is 5. The van der Waals surface area contributed by atoms with Gasteiger partial charge in [0.05, 0.1) is 32.0 Å². The molecule has 7 heteroatoms. The predicted molar refractivity (Wildman–Crippen MR) is 114 cm³/mol. The van der Waals surface area contributed by atoms with Crippen LogP contribution in [-0.2, 0) is 11.3 Å². The Morgan fingerprint density at radius 3 is 2.76 bits per heavy atom. The Morgan fingerprint density at radius 2 is 2.00 bits per heavy atom. The molecule has 4 rings (SSSR count). The number of piperazine rings is 1. The summed E-state index contributed by atoms with van der Waals surface area (Å²) in [6, 6.07) is 13.4. The van der Waals surface area contributed by atoms with Crippen molar-refractivity contribution in [2.45, 2.75) is 6.54 Å². The molecule has 1 aromatic heterocycles. The van der Waals surface area contributed by atoms with E-state index in [2.05, 4.69) is 16.3 Å². The molecule has 1 aliphatic rings. The van der Waals surface area contributed by atoms with Gasteiger partial charge in [-0.15, -0.1) is 0 Å². The van der Waals surface area contributed by atoms with Gasteiger partial charge >= 0.3 is 0 Å². The van der Waals surface area contributed by atoms with E-state index in [1.54, 1.807) is 14.2 Å². The Labute approximate surface area is 174 Å². The number of nitrogens with one attached hydrogen (secondary N) is 1. The minimum Gasteiger partial charge on any atom is -0.497 e. The second-order valence-electron chi connectivity index (χ2n) is 6.96. The predicted octanol–water partition coefficient (Wildman–Crippen LogP) is 3.50. The van der Waals surface area contributed by atoms with Gasteiger partial charge in [0, 0.05) is 35.6 Å². The average molecular weight is 412 g/mol. The number of hydrogen-bond acceptors (Lipinski definition) is 5. The number of fused-ring (bicyclic) bond motifs is 1. The van der Waals surface area contributed by atoms with Gasteiger partial charge < -0.3 is 14.8 Å². The molecule has 1 fully saturated rings. The molecule has 6 nitrogen and oxygen atoms in total. The lowest BCUT2D eigenvalue weighted by molar-refractivity contribution is -0.124. The summed E-state index contributed by atoms with van der Waals surface area (Å²) in [5.41, 5.74) is 3.45. The molecule has 0 bridgehead atoms. The zero-order valence-electron chi connectivity index (χ0n) is 16.4. The highest BCUT2D eigenvalue weighted by Gasteiger charge is 2.21. The number of methoxy groups -OCH3 is 2. The number of aromatic nitrogens is 1. The summed E-state index contributed by atoms with van der Waals surface area (Å²) in [6.07, 6.45) is 0. The molecular formula is C22H22ClN3O3. The first-order chi connectivity index (χ1) is 14.1. The highest BCUT2D eigenvalue weighted by Crippen LogP contribution is 2.36. The second kappa shape index (κ2) is 8.27. The number of amides is 1. The summed E-state index contributed by atoms with van der Waals surface area (Å²) in [5, 5.41) is 4.50. The SMILES string of the molecule is COc1ccc(OC)c(-c2nc3cc(Cl)ccc3cc2CN2CCNC(=O)C2)c1. The van der Waals surface area contributed by atoms with Crippen LogP contribution in [0, 0.1) is 0 Å². The molecule has 1 N–H and O–H groups in total. The van der Waals surface area contributed by atoms with Crippen LogP contribution in [0.2, 0.25) is 5.02 Å². The van der Waals surface area contributed by atoms with Crippen LogP contribution < -0.4 is 14.8 Å². The number of hydrogen-bond donors (Lipinski definition) is 1. The molecule has 150 valence electrons. The van der Waals surface area contributed by atoms with Crippen LogP contribution in [-0.4, -0.2) is 49.6 Å². The number of benzene rings is 2. The maximum Gasteiger partial charge on any atom is 0.234 e. The summed E-state index contributed by atoms with van der Waals surface area (Å²) in [4.78, 5) is 18.9. The molecule has 0 radical (unpaired) electrons. The van der Waals surface area contributed by atoms with E-state index >= 15 is 0 Å². The first kappa shape index (κ1) is 19.5. The van der Waals surface area contributed by atoms with Gasteiger partial charge in [0.2, 0.25) is 5.91 Å². The molecule has 29 heavy (non-hydrogen) atoms. The first-order valence-electron chi connectivity index (χ1n) is 9.38. The van der Waals surface area contributed by atoms with Crippen molar-refractivity contribution < 1.29 is 14.3 Å². The van der Waals surface area contributed by atoms with E-state index in [1.165, 1.54) is 0 Å². The number of nitrogens with zero attached hydrogens (tertiary/aromatic N) is 2. The lowest BCUT2D eigenvalue weighted by Gasteiger charge is -2.27. The Hall–Kier alpha value is -2.83. The fourth-order valence-corrected chi connectivity index (χ4v) is 3.77. The molecule has 0 saturated carbocycles. The third-order valence-corrected chi connectivity index (χ3v) is 5.27. The zero-order chi connectivity index (χ0) is 20.4. The van der Waals surface area contributed by atoms with Crippen molar-refractivity contribution >= 4 is 28.4 Å². The van der Waals surface area contributed by atoms with Crippen LogP contribution in [0.5, 0.6) is 11.5 Å². The molecule has 0 spiro atoms. The van der Waals surface area contributed by atoms with Gasteiger partial charge in [-0.25, -0.2) is 4.98 Å². The number of ether oxygens (including phenoxy) is 2. The Balaban J connectivity index is 1.87. The van der Waals surface area contributed by atoms with Crippen LogP contribution in [0.4, 0.5) is 0 Å². The van der Waals surface area contributed by atoms with E-state index in [-0.39, 0.29) is 5.91 Å². The highest BCUT2D eigenvalue weighted by molar-refractivity contribution is 6.31. The fourth-order valence-electron chi connectivity index (χ4n) is 3.60. The monoisotopic (exact) mass is 411 g/mol. The van der Waals surface area contributed by atoms with Crippen LogP contribution in [0.1, 0.15) is 5.56 Å². The number of pyridine rings is 1. The third kappa shape index (κ3) is 4.13. The normalized spacial score (nSPS) is 14.7. The Morgan fingerprint density at radius 1 is 1.14 bits per heavy atom. The number of carbonyl (C=O) groups excluding carboxylic acids is 1. The molecule has 2 aromatic carbocycles. The molecule has 3 aromatic rings. The van der Waals surface area contributed by atoms with E-state index in [4.69, 9.17) is 26.1 Å². The summed E-state index contributed by atoms with van der Waals surface area (Å²) < 4.78 is 11.0. The van der Waals surface area contributed by atoms with Gasteiger partial charge in [-0.1, -0.05) is 17.7 Å².